The minimum absolute atomic E-state index is 0.482. The maximum absolute atomic E-state index is 5.32. The molecule has 0 spiro atoms. The molecule has 1 N–H and O–H groups in total. The Balaban J connectivity index is 2.25. The molecule has 0 radical (unpaired) electrons. The molecular formula is C15H33N3O. The molecule has 0 aliphatic carbocycles. The van der Waals surface area contributed by atoms with Crippen LogP contribution in [0.4, 0.5) is 0 Å². The van der Waals surface area contributed by atoms with Gasteiger partial charge in [0.05, 0.1) is 6.61 Å². The second-order valence-electron chi connectivity index (χ2n) is 6.11. The zero-order chi connectivity index (χ0) is 14.1. The molecule has 1 fully saturated rings. The molecular weight excluding hydrogens is 238 g/mol. The minimum Gasteiger partial charge on any atom is -0.383 e. The van der Waals surface area contributed by atoms with E-state index >= 15 is 0 Å². The van der Waals surface area contributed by atoms with E-state index in [-0.39, 0.29) is 0 Å². The highest BCUT2D eigenvalue weighted by Gasteiger charge is 2.21. The Hall–Kier alpha value is -0.160. The largest absolute Gasteiger partial charge is 0.383 e. The molecule has 1 heterocycles. The Bertz CT molecular complexity index is 215. The van der Waals surface area contributed by atoms with E-state index in [1.54, 1.807) is 7.11 Å². The van der Waals surface area contributed by atoms with Gasteiger partial charge in [-0.05, 0) is 58.9 Å². The number of rotatable bonds is 9. The maximum Gasteiger partial charge on any atom is 0.0628 e. The number of likely N-dealkylation sites (tertiary alicyclic amines) is 1. The molecule has 1 aliphatic heterocycles. The number of nitrogens with one attached hydrogen (secondary N) is 1. The third kappa shape index (κ3) is 7.25. The van der Waals surface area contributed by atoms with E-state index < -0.39 is 0 Å². The van der Waals surface area contributed by atoms with E-state index in [1.165, 1.54) is 38.9 Å². The van der Waals surface area contributed by atoms with Crippen molar-refractivity contribution >= 4 is 0 Å². The minimum atomic E-state index is 0.482. The second kappa shape index (κ2) is 9.70. The van der Waals surface area contributed by atoms with Crippen LogP contribution in [0.15, 0.2) is 0 Å². The molecule has 0 amide bonds. The van der Waals surface area contributed by atoms with Gasteiger partial charge in [-0.2, -0.15) is 0 Å². The van der Waals surface area contributed by atoms with Crippen LogP contribution in [-0.2, 0) is 4.74 Å². The van der Waals surface area contributed by atoms with Gasteiger partial charge < -0.3 is 19.9 Å². The van der Waals surface area contributed by atoms with Crippen LogP contribution in [0.3, 0.4) is 0 Å². The van der Waals surface area contributed by atoms with Crippen molar-refractivity contribution in [2.24, 2.45) is 5.92 Å². The summed E-state index contributed by atoms with van der Waals surface area (Å²) in [4.78, 5) is 4.91. The molecule has 0 aromatic carbocycles. The molecule has 1 saturated heterocycles. The Kier molecular flexibility index (Phi) is 8.62. The Labute approximate surface area is 119 Å². The summed E-state index contributed by atoms with van der Waals surface area (Å²) in [6, 6.07) is 0.482. The predicted molar refractivity (Wildman–Crippen MR) is 81.7 cm³/mol. The molecule has 0 saturated carbocycles. The maximum atomic E-state index is 5.32. The van der Waals surface area contributed by atoms with Gasteiger partial charge >= 0.3 is 0 Å². The highest BCUT2D eigenvalue weighted by Crippen LogP contribution is 2.17. The van der Waals surface area contributed by atoms with Crippen molar-refractivity contribution in [2.45, 2.75) is 32.2 Å². The molecule has 1 aliphatic rings. The fourth-order valence-corrected chi connectivity index (χ4v) is 2.91. The standard InChI is InChI=1S/C15H33N3O/c1-5-8-16-15(13-19-4)12-18-9-6-14(7-10-18)11-17(2)3/h14-16H,5-13H2,1-4H3. The summed E-state index contributed by atoms with van der Waals surface area (Å²) in [6.07, 6.45) is 3.86. The van der Waals surface area contributed by atoms with Crippen LogP contribution in [-0.4, -0.2) is 76.4 Å². The Morgan fingerprint density at radius 1 is 1.32 bits per heavy atom. The number of piperidine rings is 1. The van der Waals surface area contributed by atoms with Gasteiger partial charge in [0.2, 0.25) is 0 Å². The third-order valence-electron chi connectivity index (χ3n) is 3.86. The Morgan fingerprint density at radius 3 is 2.53 bits per heavy atom. The fourth-order valence-electron chi connectivity index (χ4n) is 2.91. The van der Waals surface area contributed by atoms with Gasteiger partial charge in [-0.1, -0.05) is 6.92 Å². The van der Waals surface area contributed by atoms with E-state index in [1.807, 2.05) is 0 Å². The predicted octanol–water partition coefficient (Wildman–Crippen LogP) is 1.27. The highest BCUT2D eigenvalue weighted by molar-refractivity contribution is 4.78. The quantitative estimate of drug-likeness (QED) is 0.683. The molecule has 0 bridgehead atoms. The zero-order valence-corrected chi connectivity index (χ0v) is 13.3. The van der Waals surface area contributed by atoms with Crippen molar-refractivity contribution in [3.8, 4) is 0 Å². The van der Waals surface area contributed by atoms with Gasteiger partial charge in [0.25, 0.3) is 0 Å². The second-order valence-corrected chi connectivity index (χ2v) is 6.11. The summed E-state index contributed by atoms with van der Waals surface area (Å²) in [5.74, 6) is 0.885. The van der Waals surface area contributed by atoms with Crippen LogP contribution in [0.1, 0.15) is 26.2 Å². The molecule has 4 heteroatoms. The first-order valence-electron chi connectivity index (χ1n) is 7.75. The van der Waals surface area contributed by atoms with Crippen LogP contribution >= 0.6 is 0 Å². The third-order valence-corrected chi connectivity index (χ3v) is 3.86. The molecule has 1 atom stereocenters. The number of nitrogens with zero attached hydrogens (tertiary/aromatic N) is 2. The number of hydrogen-bond acceptors (Lipinski definition) is 4. The summed E-state index contributed by atoms with van der Waals surface area (Å²) >= 11 is 0. The zero-order valence-electron chi connectivity index (χ0n) is 13.3. The molecule has 19 heavy (non-hydrogen) atoms. The summed E-state index contributed by atoms with van der Waals surface area (Å²) in [6.45, 7) is 8.97. The van der Waals surface area contributed by atoms with Crippen LogP contribution in [0.2, 0.25) is 0 Å². The molecule has 1 unspecified atom stereocenters. The van der Waals surface area contributed by atoms with Crippen LogP contribution in [0.25, 0.3) is 0 Å². The van der Waals surface area contributed by atoms with Gasteiger partial charge in [0, 0.05) is 26.2 Å². The first-order valence-corrected chi connectivity index (χ1v) is 7.75. The molecule has 114 valence electrons. The summed E-state index contributed by atoms with van der Waals surface area (Å²) in [5.41, 5.74) is 0. The van der Waals surface area contributed by atoms with E-state index in [0.717, 1.165) is 25.6 Å². The van der Waals surface area contributed by atoms with Crippen LogP contribution < -0.4 is 5.32 Å². The van der Waals surface area contributed by atoms with E-state index in [4.69, 9.17) is 4.74 Å². The lowest BCUT2D eigenvalue weighted by atomic mass is 9.96. The van der Waals surface area contributed by atoms with Gasteiger partial charge in [-0.25, -0.2) is 0 Å². The Morgan fingerprint density at radius 2 is 2.00 bits per heavy atom. The lowest BCUT2D eigenvalue weighted by molar-refractivity contribution is 0.112. The highest BCUT2D eigenvalue weighted by atomic mass is 16.5. The lowest BCUT2D eigenvalue weighted by Crippen LogP contribution is -2.47. The fraction of sp³-hybridized carbons (Fsp3) is 1.00. The summed E-state index contributed by atoms with van der Waals surface area (Å²) < 4.78 is 5.32. The van der Waals surface area contributed by atoms with Crippen LogP contribution in [0, 0.1) is 5.92 Å². The van der Waals surface area contributed by atoms with Crippen molar-refractivity contribution in [2.75, 3.05) is 60.5 Å². The first kappa shape index (κ1) is 16.9. The molecule has 4 nitrogen and oxygen atoms in total. The topological polar surface area (TPSA) is 27.7 Å². The average molecular weight is 271 g/mol. The van der Waals surface area contributed by atoms with Crippen molar-refractivity contribution in [3.05, 3.63) is 0 Å². The first-order chi connectivity index (χ1) is 9.15. The number of hydrogen-bond donors (Lipinski definition) is 1. The normalized spacial score (nSPS) is 20.1. The van der Waals surface area contributed by atoms with E-state index in [0.29, 0.717) is 6.04 Å². The van der Waals surface area contributed by atoms with Gasteiger partial charge in [-0.15, -0.1) is 0 Å². The summed E-state index contributed by atoms with van der Waals surface area (Å²) in [5, 5.41) is 3.59. The van der Waals surface area contributed by atoms with Crippen LogP contribution in [0.5, 0.6) is 0 Å². The SMILES string of the molecule is CCCNC(COC)CN1CCC(CN(C)C)CC1. The lowest BCUT2D eigenvalue weighted by Gasteiger charge is -2.35. The van der Waals surface area contributed by atoms with Crippen molar-refractivity contribution in [1.29, 1.82) is 0 Å². The molecule has 0 aromatic rings. The van der Waals surface area contributed by atoms with Crippen molar-refractivity contribution in [3.63, 3.8) is 0 Å². The number of methoxy groups -OCH3 is 1. The number of ether oxygens (including phenoxy) is 1. The monoisotopic (exact) mass is 271 g/mol. The smallest absolute Gasteiger partial charge is 0.0628 e. The van der Waals surface area contributed by atoms with Gasteiger partial charge in [0.1, 0.15) is 0 Å². The van der Waals surface area contributed by atoms with E-state index in [2.05, 4.69) is 36.1 Å². The van der Waals surface area contributed by atoms with Crippen molar-refractivity contribution in [1.82, 2.24) is 15.1 Å². The molecule has 0 aromatic heterocycles. The average Bonchev–Trinajstić information content (AvgIpc) is 2.38. The van der Waals surface area contributed by atoms with Crippen molar-refractivity contribution < 1.29 is 4.74 Å². The summed E-state index contributed by atoms with van der Waals surface area (Å²) in [7, 11) is 6.15. The van der Waals surface area contributed by atoms with Gasteiger partial charge in [0.15, 0.2) is 0 Å². The van der Waals surface area contributed by atoms with E-state index in [9.17, 15) is 0 Å². The van der Waals surface area contributed by atoms with Gasteiger partial charge in [-0.3, -0.25) is 0 Å². The molecule has 1 rings (SSSR count).